The van der Waals surface area contributed by atoms with Crippen LogP contribution in [-0.4, -0.2) is 42.0 Å². The van der Waals surface area contributed by atoms with Crippen LogP contribution in [0.2, 0.25) is 0 Å². The summed E-state index contributed by atoms with van der Waals surface area (Å²) in [5.74, 6) is 3.01. The van der Waals surface area contributed by atoms with Gasteiger partial charge in [0.1, 0.15) is 17.3 Å². The summed E-state index contributed by atoms with van der Waals surface area (Å²) in [5.41, 5.74) is 2.91. The van der Waals surface area contributed by atoms with Crippen LogP contribution in [0.4, 0.5) is 0 Å². The Balaban J connectivity index is 1.61. The number of pyridine rings is 1. The molecule has 2 aromatic heterocycles. The molecule has 8 heteroatoms. The molecule has 8 nitrogen and oxygen atoms in total. The van der Waals surface area contributed by atoms with Crippen molar-refractivity contribution in [3.8, 4) is 17.2 Å². The van der Waals surface area contributed by atoms with E-state index in [0.717, 1.165) is 16.5 Å². The number of allylic oxidation sites excluding steroid dienone is 3. The van der Waals surface area contributed by atoms with Gasteiger partial charge in [-0.1, -0.05) is 43.0 Å². The maximum Gasteiger partial charge on any atom is 0.260 e. The van der Waals surface area contributed by atoms with Crippen molar-refractivity contribution in [1.29, 1.82) is 0 Å². The lowest BCUT2D eigenvalue weighted by atomic mass is 10.0. The van der Waals surface area contributed by atoms with Gasteiger partial charge in [0, 0.05) is 44.4 Å². The minimum Gasteiger partial charge on any atom is -0.493 e. The van der Waals surface area contributed by atoms with Crippen molar-refractivity contribution < 1.29 is 18.9 Å². The number of aromatic nitrogens is 3. The lowest BCUT2D eigenvalue weighted by Crippen LogP contribution is -2.27. The highest BCUT2D eigenvalue weighted by Gasteiger charge is 2.17. The molecular formula is C33H35N3O5. The van der Waals surface area contributed by atoms with E-state index in [4.69, 9.17) is 18.9 Å². The molecule has 2 heterocycles. The topological polar surface area (TPSA) is 84.7 Å². The van der Waals surface area contributed by atoms with Crippen LogP contribution in [0.3, 0.4) is 0 Å². The molecule has 0 amide bonds. The highest BCUT2D eigenvalue weighted by molar-refractivity contribution is 5.88. The number of ether oxygens (including phenoxy) is 4. The molecule has 212 valence electrons. The predicted octanol–water partition coefficient (Wildman–Crippen LogP) is 5.89. The summed E-state index contributed by atoms with van der Waals surface area (Å²) in [5, 5.41) is 0.771. The lowest BCUT2D eigenvalue weighted by Gasteiger charge is -2.16. The molecule has 0 spiro atoms. The van der Waals surface area contributed by atoms with Crippen LogP contribution < -0.4 is 19.8 Å². The molecule has 0 aliphatic heterocycles. The van der Waals surface area contributed by atoms with Gasteiger partial charge in [0.15, 0.2) is 11.5 Å². The van der Waals surface area contributed by atoms with E-state index in [2.05, 4.69) is 16.5 Å². The number of hydrogen-bond donors (Lipinski definition) is 0. The van der Waals surface area contributed by atoms with Gasteiger partial charge in [0.25, 0.3) is 5.56 Å². The molecule has 0 bridgehead atoms. The zero-order valence-corrected chi connectivity index (χ0v) is 24.1. The Morgan fingerprint density at radius 2 is 1.73 bits per heavy atom. The van der Waals surface area contributed by atoms with E-state index in [1.54, 1.807) is 63.5 Å². The fraction of sp³-hybridized carbons (Fsp3) is 0.242. The summed E-state index contributed by atoms with van der Waals surface area (Å²) in [6, 6.07) is 15.4. The Bertz CT molecular complexity index is 1640. The first-order chi connectivity index (χ1) is 19.9. The highest BCUT2D eigenvalue weighted by Crippen LogP contribution is 2.36. The van der Waals surface area contributed by atoms with Crippen molar-refractivity contribution in [2.75, 3.05) is 21.3 Å². The monoisotopic (exact) mass is 553 g/mol. The average Bonchev–Trinajstić information content (AvgIpc) is 3.01. The quantitative estimate of drug-likeness (QED) is 0.160. The summed E-state index contributed by atoms with van der Waals surface area (Å²) in [6.45, 7) is 5.82. The van der Waals surface area contributed by atoms with E-state index in [9.17, 15) is 4.79 Å². The largest absolute Gasteiger partial charge is 0.493 e. The molecule has 0 N–H and O–H groups in total. The van der Waals surface area contributed by atoms with E-state index in [1.165, 1.54) is 0 Å². The van der Waals surface area contributed by atoms with Gasteiger partial charge in [0.05, 0.1) is 31.4 Å². The molecular weight excluding hydrogens is 518 g/mol. The van der Waals surface area contributed by atoms with Gasteiger partial charge in [-0.25, -0.2) is 4.98 Å². The van der Waals surface area contributed by atoms with E-state index >= 15 is 0 Å². The highest BCUT2D eigenvalue weighted by atomic mass is 16.5. The maximum atomic E-state index is 13.4. The second kappa shape index (κ2) is 13.6. The number of fused-ring (bicyclic) bond motifs is 1. The average molecular weight is 554 g/mol. The van der Waals surface area contributed by atoms with Gasteiger partial charge in [0.2, 0.25) is 0 Å². The minimum atomic E-state index is -0.322. The molecule has 1 atom stereocenters. The molecule has 0 saturated carbocycles. The summed E-state index contributed by atoms with van der Waals surface area (Å²) in [4.78, 5) is 22.5. The van der Waals surface area contributed by atoms with E-state index in [-0.39, 0.29) is 11.7 Å². The third-order valence-corrected chi connectivity index (χ3v) is 6.87. The Kier molecular flexibility index (Phi) is 9.71. The van der Waals surface area contributed by atoms with E-state index in [0.29, 0.717) is 52.8 Å². The first kappa shape index (κ1) is 29.3. The molecule has 0 radical (unpaired) electrons. The fourth-order valence-corrected chi connectivity index (χ4v) is 4.47. The van der Waals surface area contributed by atoms with Crippen molar-refractivity contribution in [1.82, 2.24) is 14.5 Å². The van der Waals surface area contributed by atoms with Crippen LogP contribution in [0.25, 0.3) is 16.5 Å². The molecule has 2 aromatic carbocycles. The van der Waals surface area contributed by atoms with Crippen LogP contribution in [-0.2, 0) is 18.2 Å². The SMILES string of the molecule is C=C/C(=C\C/C=C(/c1cnc(Cc2ccccc2)n(C)c1=O)C(C)OC)Oc1ccnc2cc(OC)c(OC)cc12. The number of benzene rings is 2. The Morgan fingerprint density at radius 1 is 1.00 bits per heavy atom. The first-order valence-electron chi connectivity index (χ1n) is 13.2. The minimum absolute atomic E-state index is 0.127. The van der Waals surface area contributed by atoms with E-state index < -0.39 is 0 Å². The van der Waals surface area contributed by atoms with Crippen LogP contribution in [0.15, 0.2) is 96.3 Å². The summed E-state index contributed by atoms with van der Waals surface area (Å²) in [7, 11) is 6.53. The summed E-state index contributed by atoms with van der Waals surface area (Å²) >= 11 is 0. The van der Waals surface area contributed by atoms with Crippen molar-refractivity contribution in [3.05, 3.63) is 119 Å². The van der Waals surface area contributed by atoms with Gasteiger partial charge in [-0.3, -0.25) is 14.3 Å². The summed E-state index contributed by atoms with van der Waals surface area (Å²) in [6.07, 6.45) is 9.51. The Hall–Kier alpha value is -4.69. The fourth-order valence-electron chi connectivity index (χ4n) is 4.47. The lowest BCUT2D eigenvalue weighted by molar-refractivity contribution is 0.163. The Morgan fingerprint density at radius 3 is 2.41 bits per heavy atom. The van der Waals surface area contributed by atoms with Crippen LogP contribution in [0.5, 0.6) is 17.2 Å². The number of methoxy groups -OCH3 is 3. The zero-order valence-electron chi connectivity index (χ0n) is 24.1. The number of rotatable bonds is 12. The predicted molar refractivity (Wildman–Crippen MR) is 162 cm³/mol. The van der Waals surface area contributed by atoms with Crippen molar-refractivity contribution in [2.45, 2.75) is 25.9 Å². The van der Waals surface area contributed by atoms with Gasteiger partial charge in [-0.15, -0.1) is 0 Å². The maximum absolute atomic E-state index is 13.4. The Labute approximate surface area is 240 Å². The zero-order chi connectivity index (χ0) is 29.4. The molecule has 0 aliphatic rings. The molecule has 41 heavy (non-hydrogen) atoms. The van der Waals surface area contributed by atoms with Crippen LogP contribution in [0, 0.1) is 0 Å². The molecule has 4 rings (SSSR count). The molecule has 4 aromatic rings. The number of hydrogen-bond acceptors (Lipinski definition) is 7. The van der Waals surface area contributed by atoms with Crippen LogP contribution in [0.1, 0.15) is 30.3 Å². The third kappa shape index (κ3) is 6.73. The smallest absolute Gasteiger partial charge is 0.260 e. The normalized spacial score (nSPS) is 12.7. The van der Waals surface area contributed by atoms with Crippen molar-refractivity contribution in [2.24, 2.45) is 7.05 Å². The van der Waals surface area contributed by atoms with Crippen molar-refractivity contribution >= 4 is 16.5 Å². The number of nitrogens with zero attached hydrogens (tertiary/aromatic N) is 3. The van der Waals surface area contributed by atoms with Gasteiger partial charge in [-0.2, -0.15) is 0 Å². The standard InChI is InChI=1S/C33H35N3O5/c1-7-24(41-29-16-17-34-28-20-31(40-6)30(39-5)19-26(28)29)14-11-15-25(22(2)38-4)27-21-35-32(36(3)33(27)37)18-23-12-9-8-10-13-23/h7-10,12-17,19-22H,1,11,18H2,2-6H3/b24-14+,25-15+. The summed E-state index contributed by atoms with van der Waals surface area (Å²) < 4.78 is 24.3. The van der Waals surface area contributed by atoms with E-state index in [1.807, 2.05) is 55.5 Å². The molecule has 0 aliphatic carbocycles. The van der Waals surface area contributed by atoms with Gasteiger partial charge >= 0.3 is 0 Å². The second-order valence-electron chi connectivity index (χ2n) is 9.33. The van der Waals surface area contributed by atoms with Gasteiger partial charge < -0.3 is 18.9 Å². The second-order valence-corrected chi connectivity index (χ2v) is 9.33. The van der Waals surface area contributed by atoms with Crippen LogP contribution >= 0.6 is 0 Å². The van der Waals surface area contributed by atoms with Crippen molar-refractivity contribution in [3.63, 3.8) is 0 Å². The third-order valence-electron chi connectivity index (χ3n) is 6.87. The molecule has 1 unspecified atom stereocenters. The van der Waals surface area contributed by atoms with Gasteiger partial charge in [-0.05, 0) is 48.8 Å². The molecule has 0 saturated heterocycles. The molecule has 0 fully saturated rings. The first-order valence-corrected chi connectivity index (χ1v) is 13.2.